The van der Waals surface area contributed by atoms with Crippen molar-refractivity contribution in [1.29, 1.82) is 0 Å². The van der Waals surface area contributed by atoms with Crippen LogP contribution >= 0.6 is 0 Å². The molecule has 3 rings (SSSR count). The second kappa shape index (κ2) is 7.28. The van der Waals surface area contributed by atoms with Crippen LogP contribution in [0.2, 0.25) is 0 Å². The van der Waals surface area contributed by atoms with E-state index in [1.807, 2.05) is 45.0 Å². The standard InChI is InChI=1S/C21H26N2O2/c1-14-11-15(2)20(16(3)12-14)21(24)22-17-5-7-18(8-6-17)23-10-9-19(13-23)25-4/h5-8,11-12,19H,9-10,13H2,1-4H3,(H,22,24). The van der Waals surface area contributed by atoms with Gasteiger partial charge in [-0.05, 0) is 62.6 Å². The van der Waals surface area contributed by atoms with Crippen LogP contribution in [-0.4, -0.2) is 32.2 Å². The molecule has 1 saturated heterocycles. The predicted octanol–water partition coefficient (Wildman–Crippen LogP) is 4.09. The van der Waals surface area contributed by atoms with Crippen molar-refractivity contribution in [2.24, 2.45) is 0 Å². The SMILES string of the molecule is COC1CCN(c2ccc(NC(=O)c3c(C)cc(C)cc3C)cc2)C1. The summed E-state index contributed by atoms with van der Waals surface area (Å²) in [7, 11) is 1.77. The summed E-state index contributed by atoms with van der Waals surface area (Å²) in [6.07, 6.45) is 1.37. The van der Waals surface area contributed by atoms with E-state index < -0.39 is 0 Å². The molecule has 25 heavy (non-hydrogen) atoms. The molecule has 4 heteroatoms. The van der Waals surface area contributed by atoms with Crippen LogP contribution in [0.3, 0.4) is 0 Å². The van der Waals surface area contributed by atoms with Crippen molar-refractivity contribution < 1.29 is 9.53 Å². The monoisotopic (exact) mass is 338 g/mol. The van der Waals surface area contributed by atoms with Crippen LogP contribution < -0.4 is 10.2 Å². The number of carbonyl (C=O) groups is 1. The van der Waals surface area contributed by atoms with E-state index in [2.05, 4.69) is 22.3 Å². The zero-order chi connectivity index (χ0) is 18.0. The number of nitrogens with one attached hydrogen (secondary N) is 1. The summed E-state index contributed by atoms with van der Waals surface area (Å²) in [5.74, 6) is -0.0524. The van der Waals surface area contributed by atoms with Crippen LogP contribution in [0.4, 0.5) is 11.4 Å². The van der Waals surface area contributed by atoms with E-state index in [9.17, 15) is 4.79 Å². The first kappa shape index (κ1) is 17.5. The van der Waals surface area contributed by atoms with E-state index in [1.165, 1.54) is 11.3 Å². The molecule has 1 heterocycles. The zero-order valence-corrected chi connectivity index (χ0v) is 15.4. The van der Waals surface area contributed by atoms with Gasteiger partial charge in [-0.1, -0.05) is 17.7 Å². The molecule has 0 saturated carbocycles. The highest BCUT2D eigenvalue weighted by atomic mass is 16.5. The lowest BCUT2D eigenvalue weighted by atomic mass is 9.99. The van der Waals surface area contributed by atoms with Gasteiger partial charge < -0.3 is 15.0 Å². The summed E-state index contributed by atoms with van der Waals surface area (Å²) in [6.45, 7) is 7.94. The lowest BCUT2D eigenvalue weighted by Crippen LogP contribution is -2.22. The van der Waals surface area contributed by atoms with E-state index in [0.29, 0.717) is 6.10 Å². The van der Waals surface area contributed by atoms with E-state index >= 15 is 0 Å². The molecule has 132 valence electrons. The lowest BCUT2D eigenvalue weighted by molar-refractivity contribution is 0.102. The lowest BCUT2D eigenvalue weighted by Gasteiger charge is -2.19. The maximum atomic E-state index is 12.7. The maximum Gasteiger partial charge on any atom is 0.256 e. The number of amides is 1. The Morgan fingerprint density at radius 2 is 1.76 bits per heavy atom. The normalized spacial score (nSPS) is 17.0. The number of nitrogens with zero attached hydrogens (tertiary/aromatic N) is 1. The number of aryl methyl sites for hydroxylation is 3. The van der Waals surface area contributed by atoms with Crippen molar-refractivity contribution in [3.63, 3.8) is 0 Å². The topological polar surface area (TPSA) is 41.6 Å². The Hall–Kier alpha value is -2.33. The van der Waals surface area contributed by atoms with Crippen LogP contribution in [-0.2, 0) is 4.74 Å². The van der Waals surface area contributed by atoms with Crippen LogP contribution in [0.5, 0.6) is 0 Å². The fourth-order valence-electron chi connectivity index (χ4n) is 3.64. The van der Waals surface area contributed by atoms with Gasteiger partial charge in [0.15, 0.2) is 0 Å². The number of hydrogen-bond donors (Lipinski definition) is 1. The summed E-state index contributed by atoms with van der Waals surface area (Å²) in [5, 5.41) is 3.01. The smallest absolute Gasteiger partial charge is 0.256 e. The fourth-order valence-corrected chi connectivity index (χ4v) is 3.64. The summed E-state index contributed by atoms with van der Waals surface area (Å²) in [5.41, 5.74) is 5.94. The first-order valence-corrected chi connectivity index (χ1v) is 8.75. The van der Waals surface area contributed by atoms with Gasteiger partial charge in [0.05, 0.1) is 6.10 Å². The van der Waals surface area contributed by atoms with Crippen molar-refractivity contribution in [3.8, 4) is 0 Å². The average molecular weight is 338 g/mol. The molecule has 1 aliphatic rings. The molecule has 0 aromatic heterocycles. The Kier molecular flexibility index (Phi) is 5.09. The van der Waals surface area contributed by atoms with Crippen molar-refractivity contribution in [2.45, 2.75) is 33.3 Å². The molecule has 0 spiro atoms. The fraction of sp³-hybridized carbons (Fsp3) is 0.381. The predicted molar refractivity (Wildman–Crippen MR) is 103 cm³/mol. The van der Waals surface area contributed by atoms with Gasteiger partial charge in [-0.25, -0.2) is 0 Å². The summed E-state index contributed by atoms with van der Waals surface area (Å²) < 4.78 is 5.42. The highest BCUT2D eigenvalue weighted by Gasteiger charge is 2.22. The quantitative estimate of drug-likeness (QED) is 0.913. The van der Waals surface area contributed by atoms with Crippen molar-refractivity contribution in [2.75, 3.05) is 30.4 Å². The van der Waals surface area contributed by atoms with Gasteiger partial charge in [-0.3, -0.25) is 4.79 Å². The molecule has 1 atom stereocenters. The minimum Gasteiger partial charge on any atom is -0.380 e. The van der Waals surface area contributed by atoms with Gasteiger partial charge in [0.25, 0.3) is 5.91 Å². The molecule has 1 unspecified atom stereocenters. The number of benzene rings is 2. The molecule has 1 fully saturated rings. The molecule has 0 aliphatic carbocycles. The Balaban J connectivity index is 1.71. The molecule has 2 aromatic rings. The highest BCUT2D eigenvalue weighted by Crippen LogP contribution is 2.24. The van der Waals surface area contributed by atoms with Gasteiger partial charge in [0.1, 0.15) is 0 Å². The molecule has 1 amide bonds. The third-order valence-corrected chi connectivity index (χ3v) is 4.87. The molecule has 4 nitrogen and oxygen atoms in total. The van der Waals surface area contributed by atoms with Crippen molar-refractivity contribution in [1.82, 2.24) is 0 Å². The van der Waals surface area contributed by atoms with Gasteiger partial charge in [-0.15, -0.1) is 0 Å². The Bertz CT molecular complexity index is 745. The first-order valence-electron chi connectivity index (χ1n) is 8.75. The molecule has 0 radical (unpaired) electrons. The average Bonchev–Trinajstić information content (AvgIpc) is 3.03. The Morgan fingerprint density at radius 3 is 2.32 bits per heavy atom. The third kappa shape index (κ3) is 3.85. The Morgan fingerprint density at radius 1 is 1.12 bits per heavy atom. The number of carbonyl (C=O) groups excluding carboxylic acids is 1. The minimum absolute atomic E-state index is 0.0524. The Labute approximate surface area is 149 Å². The summed E-state index contributed by atoms with van der Waals surface area (Å²) in [4.78, 5) is 15.0. The molecule has 0 bridgehead atoms. The number of ether oxygens (including phenoxy) is 1. The van der Waals surface area contributed by atoms with Crippen LogP contribution in [0.25, 0.3) is 0 Å². The van der Waals surface area contributed by atoms with Gasteiger partial charge in [0, 0.05) is 37.1 Å². The minimum atomic E-state index is -0.0524. The van der Waals surface area contributed by atoms with Gasteiger partial charge in [0.2, 0.25) is 0 Å². The van der Waals surface area contributed by atoms with Crippen LogP contribution in [0.1, 0.15) is 33.5 Å². The number of hydrogen-bond acceptors (Lipinski definition) is 3. The number of anilines is 2. The molecule has 2 aromatic carbocycles. The number of rotatable bonds is 4. The first-order chi connectivity index (χ1) is 12.0. The molecule has 1 N–H and O–H groups in total. The summed E-state index contributed by atoms with van der Waals surface area (Å²) in [6, 6.07) is 12.1. The molecular formula is C21H26N2O2. The van der Waals surface area contributed by atoms with Crippen molar-refractivity contribution in [3.05, 3.63) is 58.7 Å². The van der Waals surface area contributed by atoms with E-state index in [4.69, 9.17) is 4.74 Å². The highest BCUT2D eigenvalue weighted by molar-refractivity contribution is 6.06. The third-order valence-electron chi connectivity index (χ3n) is 4.87. The number of methoxy groups -OCH3 is 1. The second-order valence-electron chi connectivity index (χ2n) is 6.87. The zero-order valence-electron chi connectivity index (χ0n) is 15.4. The van der Waals surface area contributed by atoms with E-state index in [-0.39, 0.29) is 5.91 Å². The van der Waals surface area contributed by atoms with Crippen LogP contribution in [0.15, 0.2) is 36.4 Å². The molecule has 1 aliphatic heterocycles. The van der Waals surface area contributed by atoms with E-state index in [1.54, 1.807) is 7.11 Å². The maximum absolute atomic E-state index is 12.7. The second-order valence-corrected chi connectivity index (χ2v) is 6.87. The van der Waals surface area contributed by atoms with E-state index in [0.717, 1.165) is 41.9 Å². The van der Waals surface area contributed by atoms with Gasteiger partial charge >= 0.3 is 0 Å². The van der Waals surface area contributed by atoms with Gasteiger partial charge in [-0.2, -0.15) is 0 Å². The largest absolute Gasteiger partial charge is 0.380 e. The summed E-state index contributed by atoms with van der Waals surface area (Å²) >= 11 is 0. The van der Waals surface area contributed by atoms with Crippen molar-refractivity contribution >= 4 is 17.3 Å². The van der Waals surface area contributed by atoms with Crippen LogP contribution in [0, 0.1) is 20.8 Å². The molecular weight excluding hydrogens is 312 g/mol.